The van der Waals surface area contributed by atoms with E-state index in [1.54, 1.807) is 0 Å². The van der Waals surface area contributed by atoms with E-state index in [1.807, 2.05) is 0 Å². The second-order valence-corrected chi connectivity index (χ2v) is 3.57. The van der Waals surface area contributed by atoms with E-state index in [-0.39, 0.29) is 6.04 Å². The molecule has 1 rings (SSSR count). The summed E-state index contributed by atoms with van der Waals surface area (Å²) in [5.41, 5.74) is 0. The number of nitriles is 1. The first kappa shape index (κ1) is 10.5. The van der Waals surface area contributed by atoms with Gasteiger partial charge in [0.15, 0.2) is 0 Å². The van der Waals surface area contributed by atoms with E-state index in [0.717, 1.165) is 39.0 Å². The van der Waals surface area contributed by atoms with Crippen LogP contribution >= 0.6 is 0 Å². The Morgan fingerprint density at radius 1 is 1.46 bits per heavy atom. The molecular weight excluding hydrogens is 162 g/mol. The Balaban J connectivity index is 2.41. The topological polar surface area (TPSA) is 39.1 Å². The predicted octanol–water partition coefficient (Wildman–Crippen LogP) is 0.974. The van der Waals surface area contributed by atoms with Gasteiger partial charge in [0.1, 0.15) is 0 Å². The Morgan fingerprint density at radius 3 is 3.00 bits per heavy atom. The number of hydrogen-bond acceptors (Lipinski definition) is 3. The minimum absolute atomic E-state index is 0.143. The Kier molecular flexibility index (Phi) is 4.81. The molecule has 13 heavy (non-hydrogen) atoms. The first-order chi connectivity index (χ1) is 6.38. The molecule has 1 heterocycles. The highest BCUT2D eigenvalue weighted by atomic mass is 15.2. The van der Waals surface area contributed by atoms with Gasteiger partial charge in [0.05, 0.1) is 12.1 Å². The molecule has 0 saturated carbocycles. The summed E-state index contributed by atoms with van der Waals surface area (Å²) in [4.78, 5) is 2.31. The van der Waals surface area contributed by atoms with Crippen molar-refractivity contribution in [3.05, 3.63) is 0 Å². The summed E-state index contributed by atoms with van der Waals surface area (Å²) >= 11 is 0. The molecule has 3 nitrogen and oxygen atoms in total. The Morgan fingerprint density at radius 2 is 2.31 bits per heavy atom. The van der Waals surface area contributed by atoms with Crippen molar-refractivity contribution in [3.8, 4) is 6.07 Å². The van der Waals surface area contributed by atoms with E-state index in [4.69, 9.17) is 5.26 Å². The maximum absolute atomic E-state index is 8.99. The van der Waals surface area contributed by atoms with Crippen molar-refractivity contribution in [2.24, 2.45) is 0 Å². The van der Waals surface area contributed by atoms with Crippen molar-refractivity contribution in [2.75, 3.05) is 26.2 Å². The lowest BCUT2D eigenvalue weighted by Gasteiger charge is -2.24. The van der Waals surface area contributed by atoms with Gasteiger partial charge in [-0.2, -0.15) is 5.26 Å². The summed E-state index contributed by atoms with van der Waals surface area (Å²) in [5.74, 6) is 0. The highest BCUT2D eigenvalue weighted by Crippen LogP contribution is 2.07. The summed E-state index contributed by atoms with van der Waals surface area (Å²) in [6.07, 6.45) is 3.28. The standard InChI is InChI=1S/C10H19N3/c1-2-4-10(9-11)13-7-3-5-12-6-8-13/h10,12H,2-8H2,1H3. The van der Waals surface area contributed by atoms with Crippen LogP contribution in [0.2, 0.25) is 0 Å². The van der Waals surface area contributed by atoms with Crippen molar-refractivity contribution < 1.29 is 0 Å². The monoisotopic (exact) mass is 181 g/mol. The number of nitrogens with zero attached hydrogens (tertiary/aromatic N) is 2. The molecule has 0 aromatic rings. The summed E-state index contributed by atoms with van der Waals surface area (Å²) in [6.45, 7) is 6.37. The molecule has 1 N–H and O–H groups in total. The molecule has 1 unspecified atom stereocenters. The van der Waals surface area contributed by atoms with Crippen LogP contribution in [0.3, 0.4) is 0 Å². The van der Waals surface area contributed by atoms with E-state index in [1.165, 1.54) is 6.42 Å². The fourth-order valence-corrected chi connectivity index (χ4v) is 1.78. The van der Waals surface area contributed by atoms with Crippen LogP contribution in [0.15, 0.2) is 0 Å². The third-order valence-corrected chi connectivity index (χ3v) is 2.53. The Bertz CT molecular complexity index is 165. The van der Waals surface area contributed by atoms with E-state index < -0.39 is 0 Å². The van der Waals surface area contributed by atoms with Crippen LogP contribution in [0.4, 0.5) is 0 Å². The molecule has 1 atom stereocenters. The summed E-state index contributed by atoms with van der Waals surface area (Å²) < 4.78 is 0. The van der Waals surface area contributed by atoms with Gasteiger partial charge in [-0.1, -0.05) is 13.3 Å². The number of rotatable bonds is 3. The largest absolute Gasteiger partial charge is 0.315 e. The number of nitrogens with one attached hydrogen (secondary N) is 1. The van der Waals surface area contributed by atoms with E-state index >= 15 is 0 Å². The molecule has 1 aliphatic rings. The molecule has 1 saturated heterocycles. The molecular formula is C10H19N3. The zero-order chi connectivity index (χ0) is 9.52. The van der Waals surface area contributed by atoms with E-state index in [0.29, 0.717) is 0 Å². The number of hydrogen-bond donors (Lipinski definition) is 1. The maximum atomic E-state index is 8.99. The van der Waals surface area contributed by atoms with Gasteiger partial charge in [0.2, 0.25) is 0 Å². The lowest BCUT2D eigenvalue weighted by Crippen LogP contribution is -2.36. The fraction of sp³-hybridized carbons (Fsp3) is 0.900. The molecule has 0 aromatic heterocycles. The Hall–Kier alpha value is -0.590. The van der Waals surface area contributed by atoms with Gasteiger partial charge in [-0.05, 0) is 19.4 Å². The lowest BCUT2D eigenvalue weighted by molar-refractivity contribution is 0.239. The molecule has 1 aliphatic heterocycles. The maximum Gasteiger partial charge on any atom is 0.0978 e. The Labute approximate surface area is 80.7 Å². The van der Waals surface area contributed by atoms with Gasteiger partial charge in [-0.25, -0.2) is 0 Å². The molecule has 74 valence electrons. The van der Waals surface area contributed by atoms with Crippen molar-refractivity contribution in [1.29, 1.82) is 5.26 Å². The molecule has 0 radical (unpaired) electrons. The average Bonchev–Trinajstić information content (AvgIpc) is 2.42. The van der Waals surface area contributed by atoms with Crippen LogP contribution in [0.5, 0.6) is 0 Å². The first-order valence-corrected chi connectivity index (χ1v) is 5.23. The van der Waals surface area contributed by atoms with Gasteiger partial charge >= 0.3 is 0 Å². The molecule has 0 bridgehead atoms. The van der Waals surface area contributed by atoms with Gasteiger partial charge in [0.25, 0.3) is 0 Å². The van der Waals surface area contributed by atoms with Crippen LogP contribution < -0.4 is 5.32 Å². The van der Waals surface area contributed by atoms with Crippen molar-refractivity contribution in [1.82, 2.24) is 10.2 Å². The highest BCUT2D eigenvalue weighted by molar-refractivity contribution is 4.92. The van der Waals surface area contributed by atoms with Crippen molar-refractivity contribution in [2.45, 2.75) is 32.2 Å². The summed E-state index contributed by atoms with van der Waals surface area (Å²) in [6, 6.07) is 2.54. The van der Waals surface area contributed by atoms with Crippen LogP contribution in [0.1, 0.15) is 26.2 Å². The second-order valence-electron chi connectivity index (χ2n) is 3.57. The summed E-state index contributed by atoms with van der Waals surface area (Å²) in [7, 11) is 0. The van der Waals surface area contributed by atoms with Crippen LogP contribution in [-0.4, -0.2) is 37.1 Å². The fourth-order valence-electron chi connectivity index (χ4n) is 1.78. The minimum atomic E-state index is 0.143. The highest BCUT2D eigenvalue weighted by Gasteiger charge is 2.17. The molecule has 0 aliphatic carbocycles. The molecule has 0 aromatic carbocycles. The van der Waals surface area contributed by atoms with Crippen LogP contribution in [0.25, 0.3) is 0 Å². The van der Waals surface area contributed by atoms with Gasteiger partial charge in [0, 0.05) is 19.6 Å². The molecule has 3 heteroatoms. The zero-order valence-corrected chi connectivity index (χ0v) is 8.42. The zero-order valence-electron chi connectivity index (χ0n) is 8.42. The second kappa shape index (κ2) is 5.95. The average molecular weight is 181 g/mol. The quantitative estimate of drug-likeness (QED) is 0.705. The minimum Gasteiger partial charge on any atom is -0.315 e. The van der Waals surface area contributed by atoms with Crippen LogP contribution in [-0.2, 0) is 0 Å². The van der Waals surface area contributed by atoms with E-state index in [2.05, 4.69) is 23.2 Å². The van der Waals surface area contributed by atoms with Crippen LogP contribution in [0, 0.1) is 11.3 Å². The third-order valence-electron chi connectivity index (χ3n) is 2.53. The SMILES string of the molecule is CCCC(C#N)N1CCCNCC1. The molecule has 0 amide bonds. The third kappa shape index (κ3) is 3.33. The van der Waals surface area contributed by atoms with Gasteiger partial charge < -0.3 is 5.32 Å². The predicted molar refractivity (Wildman–Crippen MR) is 53.4 cm³/mol. The summed E-state index contributed by atoms with van der Waals surface area (Å²) in [5, 5.41) is 12.3. The molecule has 1 fully saturated rings. The lowest BCUT2D eigenvalue weighted by atomic mass is 10.1. The van der Waals surface area contributed by atoms with E-state index in [9.17, 15) is 0 Å². The van der Waals surface area contributed by atoms with Gasteiger partial charge in [-0.15, -0.1) is 0 Å². The smallest absolute Gasteiger partial charge is 0.0978 e. The first-order valence-electron chi connectivity index (χ1n) is 5.23. The van der Waals surface area contributed by atoms with Crippen molar-refractivity contribution >= 4 is 0 Å². The molecule has 0 spiro atoms. The van der Waals surface area contributed by atoms with Gasteiger partial charge in [-0.3, -0.25) is 4.90 Å². The van der Waals surface area contributed by atoms with Crippen molar-refractivity contribution in [3.63, 3.8) is 0 Å². The normalized spacial score (nSPS) is 21.8.